The summed E-state index contributed by atoms with van der Waals surface area (Å²) in [6.07, 6.45) is 10.9. The molecule has 9 nitrogen and oxygen atoms in total. The maximum Gasteiger partial charge on any atom is 0.256 e. The van der Waals surface area contributed by atoms with Gasteiger partial charge in [0.05, 0.1) is 32.9 Å². The van der Waals surface area contributed by atoms with Crippen LogP contribution in [0.3, 0.4) is 0 Å². The Morgan fingerprint density at radius 3 is 1.14 bits per heavy atom. The Bertz CT molecular complexity index is 8990. The van der Waals surface area contributed by atoms with Crippen LogP contribution in [0.25, 0.3) is 207 Å². The van der Waals surface area contributed by atoms with E-state index in [9.17, 15) is 0 Å². The van der Waals surface area contributed by atoms with Crippen molar-refractivity contribution < 1.29 is 40.5 Å². The van der Waals surface area contributed by atoms with Crippen molar-refractivity contribution in [3.8, 4) is 45.0 Å². The van der Waals surface area contributed by atoms with Gasteiger partial charge in [0.25, 0.3) is 22.8 Å². The Morgan fingerprint density at radius 2 is 0.634 bits per heavy atom. The lowest BCUT2D eigenvalue weighted by atomic mass is 9.91. The summed E-state index contributed by atoms with van der Waals surface area (Å²) < 4.78 is 39.8. The molecule has 0 spiro atoms. The number of aryl methyl sites for hydroxylation is 12. The normalized spacial score (nSPS) is 13.2. The van der Waals surface area contributed by atoms with E-state index in [1.807, 2.05) is 23.1 Å². The second-order valence-electron chi connectivity index (χ2n) is 35.5. The van der Waals surface area contributed by atoms with E-state index in [1.54, 1.807) is 0 Å². The van der Waals surface area contributed by atoms with Crippen LogP contribution in [-0.4, -0.2) is 5.25 Å². The molecule has 1 unspecified atom stereocenters. The summed E-state index contributed by atoms with van der Waals surface area (Å²) in [5.74, 6) is 0.436. The predicted molar refractivity (Wildman–Crippen MR) is 546 cm³/mol. The number of thioether (sulfide) groups is 1. The van der Waals surface area contributed by atoms with Gasteiger partial charge in [-0.2, -0.15) is 18.3 Å². The van der Waals surface area contributed by atoms with Crippen molar-refractivity contribution in [3.63, 3.8) is 0 Å². The number of thiophene rings is 1. The van der Waals surface area contributed by atoms with Crippen LogP contribution >= 0.6 is 23.1 Å². The van der Waals surface area contributed by atoms with E-state index in [1.165, 1.54) is 178 Å². The highest BCUT2D eigenvalue weighted by molar-refractivity contribution is 8.00. The summed E-state index contributed by atoms with van der Waals surface area (Å²) >= 11 is 3.92. The third kappa shape index (κ3) is 14.1. The molecule has 10 aromatic heterocycles. The Labute approximate surface area is 768 Å². The SMILES string of the molecule is C[C@@H]1Sc2ccccc2C1c1cc2c(c[n+]1C)sc1c3ccccc3ccc21.Cc1ccc(-c2c3oc4c5ccccc5ccc4c3cc[n+]2C)c(C)c1.Cc1ccc2c(ccc3c4cc[n+](C)c(-c5ccccc5C)c4oc23)c1.Cc1ccccc1-c1c2oc3c4ccccc4ccc3c2c(C)c[n+]1C.Cc1ccccc1-c1c2oc3c4ccccc4ccc3c2cc[n+]1C. The maximum atomic E-state index is 6.55. The quantitative estimate of drug-likeness (QED) is 0.161. The largest absolute Gasteiger partial charge is 0.448 e. The van der Waals surface area contributed by atoms with Crippen molar-refractivity contribution in [1.29, 1.82) is 0 Å². The van der Waals surface area contributed by atoms with Gasteiger partial charge in [0.1, 0.15) is 57.6 Å². The van der Waals surface area contributed by atoms with Crippen molar-refractivity contribution in [1.82, 2.24) is 0 Å². The van der Waals surface area contributed by atoms with Gasteiger partial charge in [0.15, 0.2) is 36.7 Å². The lowest BCUT2D eigenvalue weighted by Crippen LogP contribution is -2.36. The van der Waals surface area contributed by atoms with Crippen molar-refractivity contribution in [3.05, 3.63) is 397 Å². The molecule has 634 valence electrons. The van der Waals surface area contributed by atoms with Crippen molar-refractivity contribution in [2.24, 2.45) is 35.2 Å². The molecule has 0 N–H and O–H groups in total. The third-order valence-electron chi connectivity index (χ3n) is 27.0. The van der Waals surface area contributed by atoms with Crippen LogP contribution in [0, 0.1) is 48.5 Å². The topological polar surface area (TPSA) is 72.0 Å². The molecule has 0 amide bonds. The van der Waals surface area contributed by atoms with Crippen molar-refractivity contribution in [2.75, 3.05) is 0 Å². The molecule has 0 aliphatic carbocycles. The zero-order valence-electron chi connectivity index (χ0n) is 75.7. The van der Waals surface area contributed by atoms with Crippen LogP contribution in [-0.2, 0) is 35.2 Å². The Kier molecular flexibility index (Phi) is 20.6. The summed E-state index contributed by atoms with van der Waals surface area (Å²) in [5.41, 5.74) is 28.7. The fourth-order valence-corrected chi connectivity index (χ4v) is 23.1. The summed E-state index contributed by atoms with van der Waals surface area (Å²) in [4.78, 5) is 1.43. The minimum atomic E-state index is 0.436. The zero-order valence-corrected chi connectivity index (χ0v) is 77.4. The minimum Gasteiger partial charge on any atom is -0.448 e. The minimum absolute atomic E-state index is 0.436. The maximum absolute atomic E-state index is 6.55. The van der Waals surface area contributed by atoms with E-state index in [0.29, 0.717) is 11.2 Å². The fourth-order valence-electron chi connectivity index (χ4n) is 20.5. The van der Waals surface area contributed by atoms with Gasteiger partial charge in [-0.1, -0.05) is 255 Å². The number of furan rings is 4. The summed E-state index contributed by atoms with van der Waals surface area (Å²) in [5, 5.41) is 24.9. The van der Waals surface area contributed by atoms with Gasteiger partial charge < -0.3 is 17.7 Å². The van der Waals surface area contributed by atoms with Gasteiger partial charge >= 0.3 is 0 Å². The van der Waals surface area contributed by atoms with E-state index >= 15 is 0 Å². The van der Waals surface area contributed by atoms with E-state index < -0.39 is 0 Å². The van der Waals surface area contributed by atoms with E-state index in [0.717, 1.165) is 83.6 Å². The molecule has 131 heavy (non-hydrogen) atoms. The molecule has 1 aliphatic rings. The fraction of sp³-hybridized carbons (Fsp3) is 0.125. The molecule has 25 aromatic rings. The first kappa shape index (κ1) is 81.8. The number of aromatic nitrogens is 5. The average molecular weight is 1740 g/mol. The average Bonchev–Trinajstić information content (AvgIpc) is 1.59. The molecule has 0 bridgehead atoms. The number of rotatable bonds is 5. The molecule has 26 rings (SSSR count). The summed E-state index contributed by atoms with van der Waals surface area (Å²) in [7, 11) is 10.5. The molecule has 2 atom stereocenters. The first-order valence-corrected chi connectivity index (χ1v) is 46.7. The van der Waals surface area contributed by atoms with Crippen LogP contribution in [0.15, 0.2) is 369 Å². The molecule has 1 aliphatic heterocycles. The zero-order chi connectivity index (χ0) is 89.3. The van der Waals surface area contributed by atoms with Crippen LogP contribution in [0.5, 0.6) is 0 Å². The van der Waals surface area contributed by atoms with Gasteiger partial charge in [-0.15, -0.1) is 23.1 Å². The smallest absolute Gasteiger partial charge is 0.256 e. The summed E-state index contributed by atoms with van der Waals surface area (Å²) in [6.45, 7) is 17.4. The molecular formula is C120H98N5O4S2+5. The number of benzene rings is 15. The lowest BCUT2D eigenvalue weighted by molar-refractivity contribution is -0.678. The molecular weight excluding hydrogens is 1640 g/mol. The van der Waals surface area contributed by atoms with E-state index in [4.69, 9.17) is 17.7 Å². The van der Waals surface area contributed by atoms with Crippen molar-refractivity contribution in [2.45, 2.75) is 71.5 Å². The van der Waals surface area contributed by atoms with E-state index in [2.05, 4.69) is 460 Å². The first-order chi connectivity index (χ1) is 63.9. The standard InChI is InChI=1S/C25H20NS2.3C24H20NO.C23H18NO/c1-15-24(19-9-5-6-10-22(19)27-15)21-13-20-18-12-11-16-7-3-4-8-17(16)25(18)28-23(20)14-26(21)2;1-15-8-4-6-10-18(15)22-24-21(16(2)14-25(22)3)20-13-12-17-9-5-7-11-19(17)23(20)26-24;1-15-8-10-18(16(2)14-15)22-24-21(12-13-25(22)3)20-11-9-17-6-4-5-7-19(17)23(20)26-24;1-15-8-10-19-17(14-15)9-11-20-21-12-13-25(3)22(24(21)26-23(19)20)18-7-5-4-6-16(18)2;1-15-7-3-5-9-17(15)21-23-20(13-14-24(21)2)19-12-11-16-8-4-6-10-18(16)22(19)25-23/h3-15,24H,1-2H3;3*4-14H,1-3H3;3-14H,1-2H3/q5*+1/t15-,24?;;;;/m0..../s1. The molecule has 15 aromatic carbocycles. The van der Waals surface area contributed by atoms with Gasteiger partial charge in [-0.05, 0) is 163 Å². The Balaban J connectivity index is 0.0000000959. The molecule has 11 heteroatoms. The van der Waals surface area contributed by atoms with Crippen LogP contribution in [0.1, 0.15) is 63.0 Å². The molecule has 11 heterocycles. The van der Waals surface area contributed by atoms with Crippen LogP contribution < -0.4 is 22.8 Å². The number of pyridine rings is 5. The highest BCUT2D eigenvalue weighted by Crippen LogP contribution is 2.50. The van der Waals surface area contributed by atoms with Crippen LogP contribution in [0.4, 0.5) is 0 Å². The Hall–Kier alpha value is -14.9. The number of hydrogen-bond donors (Lipinski definition) is 0. The highest BCUT2D eigenvalue weighted by atomic mass is 32.2. The second-order valence-corrected chi connectivity index (χ2v) is 38.0. The van der Waals surface area contributed by atoms with Gasteiger partial charge in [-0.3, -0.25) is 0 Å². The second kappa shape index (κ2) is 33.0. The van der Waals surface area contributed by atoms with Crippen LogP contribution in [0.2, 0.25) is 0 Å². The van der Waals surface area contributed by atoms with Crippen molar-refractivity contribution >= 4 is 185 Å². The predicted octanol–water partition coefficient (Wildman–Crippen LogP) is 29.7. The Morgan fingerprint density at radius 1 is 0.260 bits per heavy atom. The first-order valence-electron chi connectivity index (χ1n) is 45.0. The van der Waals surface area contributed by atoms with Gasteiger partial charge in [-0.25, -0.2) is 4.57 Å². The molecule has 0 radical (unpaired) electrons. The third-order valence-corrected chi connectivity index (χ3v) is 29.4. The monoisotopic (exact) mass is 1740 g/mol. The number of nitrogens with zero attached hydrogens (tertiary/aromatic N) is 5. The lowest BCUT2D eigenvalue weighted by Gasteiger charge is -2.14. The molecule has 0 fully saturated rings. The van der Waals surface area contributed by atoms with E-state index in [-0.39, 0.29) is 0 Å². The highest BCUT2D eigenvalue weighted by Gasteiger charge is 2.38. The molecule has 0 saturated carbocycles. The van der Waals surface area contributed by atoms with Gasteiger partial charge in [0, 0.05) is 120 Å². The summed E-state index contributed by atoms with van der Waals surface area (Å²) in [6, 6.07) is 112. The molecule has 0 saturated heterocycles. The number of fused-ring (bicyclic) bond motifs is 26. The number of hydrogen-bond acceptors (Lipinski definition) is 6. The van der Waals surface area contributed by atoms with Gasteiger partial charge in [0.2, 0.25) is 22.3 Å².